The summed E-state index contributed by atoms with van der Waals surface area (Å²) in [6.45, 7) is 1.22. The summed E-state index contributed by atoms with van der Waals surface area (Å²) in [5, 5.41) is 0. The number of hydrogen-bond acceptors (Lipinski definition) is 7. The Kier molecular flexibility index (Phi) is 4.45. The van der Waals surface area contributed by atoms with Gasteiger partial charge in [0.05, 0.1) is 13.1 Å². The highest BCUT2D eigenvalue weighted by atomic mass is 32.2. The van der Waals surface area contributed by atoms with Crippen molar-refractivity contribution in [3.05, 3.63) is 5.82 Å². The van der Waals surface area contributed by atoms with Gasteiger partial charge < -0.3 is 10.6 Å². The zero-order valence-electron chi connectivity index (χ0n) is 11.2. The van der Waals surface area contributed by atoms with Gasteiger partial charge in [-0.05, 0) is 0 Å². The SMILES string of the molecule is C#CCN(Cc1nc(N)nc(N(C)C)n1)C1CSC1. The molecule has 6 nitrogen and oxygen atoms in total. The second kappa shape index (κ2) is 6.08. The van der Waals surface area contributed by atoms with Crippen molar-refractivity contribution in [1.29, 1.82) is 0 Å². The Labute approximate surface area is 117 Å². The molecule has 0 amide bonds. The number of nitrogens with zero attached hydrogens (tertiary/aromatic N) is 5. The molecule has 0 unspecified atom stereocenters. The highest BCUT2D eigenvalue weighted by Gasteiger charge is 2.26. The zero-order valence-corrected chi connectivity index (χ0v) is 12.0. The lowest BCUT2D eigenvalue weighted by Crippen LogP contribution is -2.44. The topological polar surface area (TPSA) is 71.2 Å². The molecule has 0 atom stereocenters. The number of nitrogens with two attached hydrogens (primary N) is 1. The third-order valence-corrected chi connectivity index (χ3v) is 4.10. The normalized spacial score (nSPS) is 15.1. The number of terminal acetylenes is 1. The Balaban J connectivity index is 2.14. The summed E-state index contributed by atoms with van der Waals surface area (Å²) < 4.78 is 0. The largest absolute Gasteiger partial charge is 0.368 e. The van der Waals surface area contributed by atoms with Crippen LogP contribution in [0.4, 0.5) is 11.9 Å². The molecule has 0 saturated carbocycles. The molecule has 0 bridgehead atoms. The molecule has 0 aromatic carbocycles. The van der Waals surface area contributed by atoms with Crippen LogP contribution in [0, 0.1) is 12.3 Å². The van der Waals surface area contributed by atoms with Crippen molar-refractivity contribution in [2.24, 2.45) is 0 Å². The van der Waals surface area contributed by atoms with Crippen molar-refractivity contribution in [2.75, 3.05) is 42.8 Å². The monoisotopic (exact) mass is 278 g/mol. The number of anilines is 2. The maximum absolute atomic E-state index is 5.72. The highest BCUT2D eigenvalue weighted by Crippen LogP contribution is 2.24. The molecule has 0 spiro atoms. The van der Waals surface area contributed by atoms with Gasteiger partial charge in [-0.3, -0.25) is 4.90 Å². The molecule has 1 aromatic rings. The molecule has 7 heteroatoms. The van der Waals surface area contributed by atoms with E-state index in [2.05, 4.69) is 25.8 Å². The molecule has 1 aliphatic heterocycles. The summed E-state index contributed by atoms with van der Waals surface area (Å²) in [6.07, 6.45) is 5.42. The Hall–Kier alpha value is -1.52. The fourth-order valence-corrected chi connectivity index (χ4v) is 2.61. The van der Waals surface area contributed by atoms with Crippen LogP contribution in [0.25, 0.3) is 0 Å². The van der Waals surface area contributed by atoms with E-state index >= 15 is 0 Å². The fraction of sp³-hybridized carbons (Fsp3) is 0.583. The van der Waals surface area contributed by atoms with Gasteiger partial charge in [-0.25, -0.2) is 0 Å². The summed E-state index contributed by atoms with van der Waals surface area (Å²) in [5.74, 6) is 6.41. The van der Waals surface area contributed by atoms with Crippen molar-refractivity contribution >= 4 is 23.7 Å². The van der Waals surface area contributed by atoms with Crippen LogP contribution in [0.2, 0.25) is 0 Å². The second-order valence-corrected chi connectivity index (χ2v) is 5.68. The van der Waals surface area contributed by atoms with E-state index in [0.717, 1.165) is 11.5 Å². The highest BCUT2D eigenvalue weighted by molar-refractivity contribution is 8.00. The van der Waals surface area contributed by atoms with Gasteiger partial charge in [-0.2, -0.15) is 26.7 Å². The van der Waals surface area contributed by atoms with Crippen molar-refractivity contribution in [2.45, 2.75) is 12.6 Å². The quantitative estimate of drug-likeness (QED) is 0.764. The predicted octanol–water partition coefficient (Wildman–Crippen LogP) is 0.0704. The Bertz CT molecular complexity index is 480. The zero-order chi connectivity index (χ0) is 13.8. The molecule has 2 rings (SSSR count). The molecule has 2 heterocycles. The van der Waals surface area contributed by atoms with Crippen LogP contribution >= 0.6 is 11.8 Å². The molecule has 102 valence electrons. The number of rotatable bonds is 5. The second-order valence-electron chi connectivity index (χ2n) is 4.60. The summed E-state index contributed by atoms with van der Waals surface area (Å²) >= 11 is 1.92. The van der Waals surface area contributed by atoms with Crippen LogP contribution in [0.15, 0.2) is 0 Å². The van der Waals surface area contributed by atoms with Gasteiger partial charge in [0, 0.05) is 31.6 Å². The number of hydrogen-bond donors (Lipinski definition) is 1. The molecular formula is C12H18N6S. The number of thioether (sulfide) groups is 1. The van der Waals surface area contributed by atoms with Crippen molar-refractivity contribution in [1.82, 2.24) is 19.9 Å². The summed E-state index contributed by atoms with van der Waals surface area (Å²) in [4.78, 5) is 16.7. The number of aromatic nitrogens is 3. The molecule has 1 fully saturated rings. The first-order valence-electron chi connectivity index (χ1n) is 6.03. The van der Waals surface area contributed by atoms with E-state index in [0.29, 0.717) is 30.9 Å². The van der Waals surface area contributed by atoms with Gasteiger partial charge in [-0.15, -0.1) is 6.42 Å². The molecule has 1 aliphatic rings. The minimum absolute atomic E-state index is 0.248. The van der Waals surface area contributed by atoms with Crippen molar-refractivity contribution < 1.29 is 0 Å². The standard InChI is InChI=1S/C12H18N6S/c1-4-5-18(9-7-19-8-9)6-10-14-11(13)16-12(15-10)17(2)3/h1,9H,5-8H2,2-3H3,(H2,13,14,15,16). The Morgan fingerprint density at radius 3 is 2.63 bits per heavy atom. The molecule has 1 saturated heterocycles. The van der Waals surface area contributed by atoms with Crippen LogP contribution in [-0.4, -0.2) is 58.0 Å². The van der Waals surface area contributed by atoms with Gasteiger partial charge in [-0.1, -0.05) is 5.92 Å². The first-order valence-corrected chi connectivity index (χ1v) is 7.18. The van der Waals surface area contributed by atoms with E-state index in [1.165, 1.54) is 0 Å². The summed E-state index contributed by atoms with van der Waals surface area (Å²) in [7, 11) is 3.75. The maximum Gasteiger partial charge on any atom is 0.229 e. The van der Waals surface area contributed by atoms with Crippen molar-refractivity contribution in [3.8, 4) is 12.3 Å². The summed E-state index contributed by atoms with van der Waals surface area (Å²) in [5.41, 5.74) is 5.72. The first kappa shape index (κ1) is 13.9. The third-order valence-electron chi connectivity index (χ3n) is 2.86. The number of nitrogen functional groups attached to an aromatic ring is 1. The lowest BCUT2D eigenvalue weighted by Gasteiger charge is -2.35. The maximum atomic E-state index is 5.72. The first-order chi connectivity index (χ1) is 9.10. The van der Waals surface area contributed by atoms with E-state index in [9.17, 15) is 0 Å². The van der Waals surface area contributed by atoms with E-state index in [-0.39, 0.29) is 5.95 Å². The van der Waals surface area contributed by atoms with Gasteiger partial charge in [0.2, 0.25) is 11.9 Å². The lowest BCUT2D eigenvalue weighted by molar-refractivity contribution is 0.233. The smallest absolute Gasteiger partial charge is 0.229 e. The summed E-state index contributed by atoms with van der Waals surface area (Å²) in [6, 6.07) is 0.516. The van der Waals surface area contributed by atoms with Crippen LogP contribution in [0.1, 0.15) is 5.82 Å². The van der Waals surface area contributed by atoms with Gasteiger partial charge in [0.15, 0.2) is 0 Å². The van der Waals surface area contributed by atoms with Crippen LogP contribution < -0.4 is 10.6 Å². The molecule has 19 heavy (non-hydrogen) atoms. The average molecular weight is 278 g/mol. The molecular weight excluding hydrogens is 260 g/mol. The molecule has 1 aromatic heterocycles. The van der Waals surface area contributed by atoms with E-state index in [1.807, 2.05) is 30.8 Å². The van der Waals surface area contributed by atoms with Crippen LogP contribution in [0.5, 0.6) is 0 Å². The van der Waals surface area contributed by atoms with E-state index in [4.69, 9.17) is 12.2 Å². The Morgan fingerprint density at radius 2 is 2.11 bits per heavy atom. The lowest BCUT2D eigenvalue weighted by atomic mass is 10.3. The average Bonchev–Trinajstić information content (AvgIpc) is 2.26. The van der Waals surface area contributed by atoms with Gasteiger partial charge in [0.1, 0.15) is 5.82 Å². The third kappa shape index (κ3) is 3.49. The fourth-order valence-electron chi connectivity index (χ4n) is 1.74. The van der Waals surface area contributed by atoms with Gasteiger partial charge >= 0.3 is 0 Å². The van der Waals surface area contributed by atoms with E-state index in [1.54, 1.807) is 0 Å². The molecule has 0 radical (unpaired) electrons. The Morgan fingerprint density at radius 1 is 1.37 bits per heavy atom. The van der Waals surface area contributed by atoms with Gasteiger partial charge in [0.25, 0.3) is 0 Å². The van der Waals surface area contributed by atoms with Crippen molar-refractivity contribution in [3.63, 3.8) is 0 Å². The van der Waals surface area contributed by atoms with Crippen LogP contribution in [0.3, 0.4) is 0 Å². The van der Waals surface area contributed by atoms with Crippen LogP contribution in [-0.2, 0) is 6.54 Å². The molecule has 2 N–H and O–H groups in total. The minimum Gasteiger partial charge on any atom is -0.368 e. The molecule has 0 aliphatic carbocycles. The predicted molar refractivity (Wildman–Crippen MR) is 78.9 cm³/mol. The van der Waals surface area contributed by atoms with E-state index < -0.39 is 0 Å². The minimum atomic E-state index is 0.248.